The van der Waals surface area contributed by atoms with E-state index in [9.17, 15) is 5.11 Å². The fourth-order valence-corrected chi connectivity index (χ4v) is 5.99. The molecule has 30 heavy (non-hydrogen) atoms. The van der Waals surface area contributed by atoms with E-state index in [4.69, 9.17) is 5.10 Å². The second-order valence-electron chi connectivity index (χ2n) is 9.12. The van der Waals surface area contributed by atoms with E-state index in [0.717, 1.165) is 50.2 Å². The summed E-state index contributed by atoms with van der Waals surface area (Å²) in [5.74, 6) is 0.788. The van der Waals surface area contributed by atoms with Crippen molar-refractivity contribution in [1.82, 2.24) is 25.5 Å². The van der Waals surface area contributed by atoms with Crippen molar-refractivity contribution in [3.8, 4) is 0 Å². The summed E-state index contributed by atoms with van der Waals surface area (Å²) in [6.07, 6.45) is 4.57. The lowest BCUT2D eigenvalue weighted by molar-refractivity contribution is 0.0380. The van der Waals surface area contributed by atoms with Crippen LogP contribution in [0.25, 0.3) is 0 Å². The Bertz CT molecular complexity index is 1050. The standard InChI is InChI=1S/C24H27N5O/c30-21-20(18-9-4-5-10-19(18)24(21)13-15-25-16-14-24)29-27-22(26-28-29)23(11-6-12-23)17-7-2-1-3-8-17/h1-5,7-10,20-21,25,30H,6,11-16H2/t20-,21+/m1/s1. The molecule has 3 aliphatic rings. The maximum Gasteiger partial charge on any atom is 0.185 e. The zero-order chi connectivity index (χ0) is 20.2. The maximum absolute atomic E-state index is 11.6. The van der Waals surface area contributed by atoms with Gasteiger partial charge in [-0.15, -0.1) is 10.2 Å². The van der Waals surface area contributed by atoms with Gasteiger partial charge in [-0.05, 0) is 60.7 Å². The van der Waals surface area contributed by atoms with Crippen LogP contribution >= 0.6 is 0 Å². The Labute approximate surface area is 176 Å². The van der Waals surface area contributed by atoms with Crippen molar-refractivity contribution in [3.05, 3.63) is 77.1 Å². The van der Waals surface area contributed by atoms with E-state index in [1.165, 1.54) is 17.5 Å². The van der Waals surface area contributed by atoms with Gasteiger partial charge in [0.2, 0.25) is 0 Å². The van der Waals surface area contributed by atoms with Crippen LogP contribution in [-0.4, -0.2) is 44.5 Å². The zero-order valence-electron chi connectivity index (χ0n) is 17.0. The topological polar surface area (TPSA) is 75.9 Å². The molecule has 1 saturated heterocycles. The lowest BCUT2D eigenvalue weighted by Crippen LogP contribution is -2.47. The van der Waals surface area contributed by atoms with E-state index in [1.54, 1.807) is 4.80 Å². The molecule has 0 amide bonds. The number of aliphatic hydroxyl groups excluding tert-OH is 1. The molecule has 154 valence electrons. The molecule has 2 fully saturated rings. The molecule has 2 aromatic carbocycles. The highest BCUT2D eigenvalue weighted by atomic mass is 16.3. The molecular weight excluding hydrogens is 374 g/mol. The fraction of sp³-hybridized carbons (Fsp3) is 0.458. The van der Waals surface area contributed by atoms with Crippen molar-refractivity contribution >= 4 is 0 Å². The molecule has 0 unspecified atom stereocenters. The first-order valence-corrected chi connectivity index (χ1v) is 11.1. The number of benzene rings is 2. The molecule has 6 heteroatoms. The zero-order valence-corrected chi connectivity index (χ0v) is 17.0. The number of rotatable bonds is 3. The molecule has 2 N–H and O–H groups in total. The molecule has 2 atom stereocenters. The van der Waals surface area contributed by atoms with E-state index in [1.807, 2.05) is 12.1 Å². The molecule has 3 aromatic rings. The summed E-state index contributed by atoms with van der Waals surface area (Å²) < 4.78 is 0. The first-order chi connectivity index (χ1) is 14.7. The molecule has 1 aromatic heterocycles. The minimum absolute atomic E-state index is 0.144. The highest BCUT2D eigenvalue weighted by Crippen LogP contribution is 2.52. The maximum atomic E-state index is 11.6. The number of aliphatic hydroxyl groups is 1. The van der Waals surface area contributed by atoms with Crippen LogP contribution in [-0.2, 0) is 10.8 Å². The lowest BCUT2D eigenvalue weighted by atomic mass is 9.64. The van der Waals surface area contributed by atoms with Gasteiger partial charge in [-0.3, -0.25) is 0 Å². The predicted molar refractivity (Wildman–Crippen MR) is 113 cm³/mol. The quantitative estimate of drug-likeness (QED) is 0.706. The molecule has 1 spiro atoms. The van der Waals surface area contributed by atoms with E-state index in [-0.39, 0.29) is 16.9 Å². The fourth-order valence-electron chi connectivity index (χ4n) is 5.99. The SMILES string of the molecule is O[C@H]1[C@H](n2nnc(C3(c4ccccc4)CCC3)n2)c2ccccc2C12CCNCC2. The Hall–Kier alpha value is -2.57. The highest BCUT2D eigenvalue weighted by Gasteiger charge is 2.53. The molecule has 0 bridgehead atoms. The largest absolute Gasteiger partial charge is 0.390 e. The third-order valence-electron chi connectivity index (χ3n) is 7.82. The second-order valence-corrected chi connectivity index (χ2v) is 9.12. The van der Waals surface area contributed by atoms with Gasteiger partial charge in [-0.2, -0.15) is 4.80 Å². The summed E-state index contributed by atoms with van der Waals surface area (Å²) in [6.45, 7) is 1.84. The monoisotopic (exact) mass is 401 g/mol. The average Bonchev–Trinajstić information content (AvgIpc) is 3.32. The van der Waals surface area contributed by atoms with E-state index >= 15 is 0 Å². The summed E-state index contributed by atoms with van der Waals surface area (Å²) in [5.41, 5.74) is 3.28. The number of hydrogen-bond donors (Lipinski definition) is 2. The van der Waals surface area contributed by atoms with Crippen molar-refractivity contribution < 1.29 is 5.11 Å². The third kappa shape index (κ3) is 2.41. The third-order valence-corrected chi connectivity index (χ3v) is 7.82. The Balaban J connectivity index is 1.42. The number of aromatic nitrogens is 4. The second kappa shape index (κ2) is 6.72. The highest BCUT2D eigenvalue weighted by molar-refractivity contribution is 5.45. The van der Waals surface area contributed by atoms with Gasteiger partial charge in [0.25, 0.3) is 0 Å². The van der Waals surface area contributed by atoms with Crippen LogP contribution in [0.5, 0.6) is 0 Å². The van der Waals surface area contributed by atoms with Gasteiger partial charge >= 0.3 is 0 Å². The van der Waals surface area contributed by atoms with E-state index < -0.39 is 6.10 Å². The van der Waals surface area contributed by atoms with Crippen molar-refractivity contribution in [2.24, 2.45) is 0 Å². The number of piperidine rings is 1. The minimum atomic E-state index is -0.548. The van der Waals surface area contributed by atoms with E-state index in [2.05, 4.69) is 58.1 Å². The molecule has 2 heterocycles. The van der Waals surface area contributed by atoms with Gasteiger partial charge < -0.3 is 10.4 Å². The number of fused-ring (bicyclic) bond motifs is 2. The Morgan fingerprint density at radius 1 is 0.933 bits per heavy atom. The predicted octanol–water partition coefficient (Wildman–Crippen LogP) is 2.73. The molecule has 1 aliphatic heterocycles. The van der Waals surface area contributed by atoms with Gasteiger partial charge in [0.15, 0.2) is 5.82 Å². The number of hydrogen-bond acceptors (Lipinski definition) is 5. The van der Waals surface area contributed by atoms with Gasteiger partial charge in [-0.1, -0.05) is 61.0 Å². The van der Waals surface area contributed by atoms with Gasteiger partial charge in [0.1, 0.15) is 6.04 Å². The molecule has 6 nitrogen and oxygen atoms in total. The Morgan fingerprint density at radius 2 is 1.67 bits per heavy atom. The molecular formula is C24H27N5O. The molecule has 1 saturated carbocycles. The first kappa shape index (κ1) is 18.2. The van der Waals surface area contributed by atoms with Gasteiger partial charge in [-0.25, -0.2) is 0 Å². The van der Waals surface area contributed by atoms with E-state index in [0.29, 0.717) is 0 Å². The van der Waals surface area contributed by atoms with Crippen molar-refractivity contribution in [3.63, 3.8) is 0 Å². The summed E-state index contributed by atoms with van der Waals surface area (Å²) in [7, 11) is 0. The van der Waals surface area contributed by atoms with Crippen molar-refractivity contribution in [1.29, 1.82) is 0 Å². The number of nitrogens with zero attached hydrogens (tertiary/aromatic N) is 4. The molecule has 6 rings (SSSR count). The molecule has 2 aliphatic carbocycles. The Kier molecular flexibility index (Phi) is 4.08. The van der Waals surface area contributed by atoms with Crippen LogP contribution in [0.4, 0.5) is 0 Å². The minimum Gasteiger partial charge on any atom is -0.390 e. The number of tetrazole rings is 1. The first-order valence-electron chi connectivity index (χ1n) is 11.1. The van der Waals surface area contributed by atoms with Crippen LogP contribution < -0.4 is 5.32 Å². The summed E-state index contributed by atoms with van der Waals surface area (Å²) in [6, 6.07) is 18.7. The molecule has 0 radical (unpaired) electrons. The average molecular weight is 402 g/mol. The van der Waals surface area contributed by atoms with Crippen LogP contribution in [0.1, 0.15) is 60.7 Å². The van der Waals surface area contributed by atoms with Crippen LogP contribution in [0.2, 0.25) is 0 Å². The van der Waals surface area contributed by atoms with Gasteiger partial charge in [0.05, 0.1) is 11.5 Å². The van der Waals surface area contributed by atoms with Crippen LogP contribution in [0.15, 0.2) is 54.6 Å². The lowest BCUT2D eigenvalue weighted by Gasteiger charge is -2.39. The normalized spacial score (nSPS) is 26.3. The van der Waals surface area contributed by atoms with Gasteiger partial charge in [0, 0.05) is 5.41 Å². The van der Waals surface area contributed by atoms with Crippen LogP contribution in [0.3, 0.4) is 0 Å². The Morgan fingerprint density at radius 3 is 2.40 bits per heavy atom. The van der Waals surface area contributed by atoms with Crippen molar-refractivity contribution in [2.45, 2.75) is 55.1 Å². The summed E-state index contributed by atoms with van der Waals surface area (Å²) in [5, 5.41) is 29.0. The van der Waals surface area contributed by atoms with Crippen molar-refractivity contribution in [2.75, 3.05) is 13.1 Å². The number of nitrogens with one attached hydrogen (secondary N) is 1. The summed E-state index contributed by atoms with van der Waals surface area (Å²) >= 11 is 0. The van der Waals surface area contributed by atoms with Crippen LogP contribution in [0, 0.1) is 0 Å². The summed E-state index contributed by atoms with van der Waals surface area (Å²) in [4.78, 5) is 1.69. The smallest absolute Gasteiger partial charge is 0.185 e.